The Morgan fingerprint density at radius 3 is 2.64 bits per heavy atom. The molecule has 1 atom stereocenters. The number of aromatic nitrogens is 1. The summed E-state index contributed by atoms with van der Waals surface area (Å²) in [5.74, 6) is -0.787. The van der Waals surface area contributed by atoms with Crippen LogP contribution in [0.1, 0.15) is 28.3 Å². The molecule has 0 bridgehead atoms. The summed E-state index contributed by atoms with van der Waals surface area (Å²) in [5.41, 5.74) is 2.13. The SMILES string of the molecule is O=C(O)c1ccc(C2CC(=O)N(c3ccc4cnccc4c3)C2)cc1. The van der Waals surface area contributed by atoms with Gasteiger partial charge in [-0.25, -0.2) is 4.79 Å². The molecule has 1 aliphatic rings. The minimum atomic E-state index is -0.943. The molecule has 1 fully saturated rings. The van der Waals surface area contributed by atoms with Crippen LogP contribution in [0.15, 0.2) is 60.9 Å². The molecule has 0 saturated carbocycles. The van der Waals surface area contributed by atoms with E-state index < -0.39 is 5.97 Å². The summed E-state index contributed by atoms with van der Waals surface area (Å²) in [5, 5.41) is 11.1. The highest BCUT2D eigenvalue weighted by molar-refractivity contribution is 5.98. The largest absolute Gasteiger partial charge is 0.478 e. The second-order valence-corrected chi connectivity index (χ2v) is 6.24. The molecule has 1 aromatic heterocycles. The van der Waals surface area contributed by atoms with E-state index in [1.54, 1.807) is 41.6 Å². The number of nitrogens with zero attached hydrogens (tertiary/aromatic N) is 2. The number of hydrogen-bond donors (Lipinski definition) is 1. The summed E-state index contributed by atoms with van der Waals surface area (Å²) < 4.78 is 0. The maximum Gasteiger partial charge on any atom is 0.335 e. The zero-order chi connectivity index (χ0) is 17.4. The Morgan fingerprint density at radius 2 is 1.88 bits per heavy atom. The normalized spacial score (nSPS) is 17.2. The Labute approximate surface area is 144 Å². The van der Waals surface area contributed by atoms with E-state index in [1.165, 1.54) is 0 Å². The number of anilines is 1. The second-order valence-electron chi connectivity index (χ2n) is 6.24. The van der Waals surface area contributed by atoms with Gasteiger partial charge in [-0.05, 0) is 41.3 Å². The minimum absolute atomic E-state index is 0.0727. The van der Waals surface area contributed by atoms with Crippen LogP contribution < -0.4 is 4.90 Å². The number of fused-ring (bicyclic) bond motifs is 1. The lowest BCUT2D eigenvalue weighted by Gasteiger charge is -2.17. The highest BCUT2D eigenvalue weighted by atomic mass is 16.4. The number of aromatic carboxylic acids is 1. The first kappa shape index (κ1) is 15.3. The molecule has 25 heavy (non-hydrogen) atoms. The van der Waals surface area contributed by atoms with Crippen LogP contribution in [0.25, 0.3) is 10.8 Å². The smallest absolute Gasteiger partial charge is 0.335 e. The molecule has 1 saturated heterocycles. The summed E-state index contributed by atoms with van der Waals surface area (Å²) in [6, 6.07) is 14.6. The Kier molecular flexibility index (Phi) is 3.69. The maximum absolute atomic E-state index is 12.5. The molecule has 0 radical (unpaired) electrons. The van der Waals surface area contributed by atoms with Crippen LogP contribution >= 0.6 is 0 Å². The topological polar surface area (TPSA) is 70.5 Å². The molecular formula is C20H16N2O3. The quantitative estimate of drug-likeness (QED) is 0.797. The van der Waals surface area contributed by atoms with Gasteiger partial charge in [0.15, 0.2) is 0 Å². The molecular weight excluding hydrogens is 316 g/mol. The molecule has 4 rings (SSSR count). The lowest BCUT2D eigenvalue weighted by Crippen LogP contribution is -2.24. The number of hydrogen-bond acceptors (Lipinski definition) is 3. The van der Waals surface area contributed by atoms with Crippen molar-refractivity contribution in [3.8, 4) is 0 Å². The van der Waals surface area contributed by atoms with Crippen LogP contribution in [0.2, 0.25) is 0 Å². The van der Waals surface area contributed by atoms with Gasteiger partial charge in [-0.1, -0.05) is 18.2 Å². The van der Waals surface area contributed by atoms with Crippen molar-refractivity contribution in [2.75, 3.05) is 11.4 Å². The third-order valence-electron chi connectivity index (χ3n) is 4.69. The molecule has 1 amide bonds. The second kappa shape index (κ2) is 6.02. The van der Waals surface area contributed by atoms with E-state index in [0.717, 1.165) is 22.0 Å². The molecule has 0 aliphatic carbocycles. The number of carboxylic acid groups (broad SMARTS) is 1. The molecule has 2 heterocycles. The Hall–Kier alpha value is -3.21. The van der Waals surface area contributed by atoms with E-state index >= 15 is 0 Å². The van der Waals surface area contributed by atoms with Gasteiger partial charge in [0.25, 0.3) is 0 Å². The Balaban J connectivity index is 1.59. The van der Waals surface area contributed by atoms with E-state index in [1.807, 2.05) is 24.3 Å². The summed E-state index contributed by atoms with van der Waals surface area (Å²) in [6.07, 6.45) is 3.98. The maximum atomic E-state index is 12.5. The number of carbonyl (C=O) groups is 2. The standard InChI is InChI=1S/C20H16N2O3/c23-19-10-17(13-1-3-14(4-2-13)20(24)25)12-22(19)18-6-5-16-11-21-8-7-15(16)9-18/h1-9,11,17H,10,12H2,(H,24,25). The molecule has 5 nitrogen and oxygen atoms in total. The van der Waals surface area contributed by atoms with Crippen molar-refractivity contribution in [3.63, 3.8) is 0 Å². The lowest BCUT2D eigenvalue weighted by atomic mass is 9.97. The van der Waals surface area contributed by atoms with Gasteiger partial charge in [0.2, 0.25) is 5.91 Å². The third-order valence-corrected chi connectivity index (χ3v) is 4.69. The fourth-order valence-electron chi connectivity index (χ4n) is 3.32. The van der Waals surface area contributed by atoms with Gasteiger partial charge in [0.1, 0.15) is 0 Å². The van der Waals surface area contributed by atoms with E-state index in [2.05, 4.69) is 4.98 Å². The molecule has 3 aromatic rings. The zero-order valence-corrected chi connectivity index (χ0v) is 13.4. The average molecular weight is 332 g/mol. The zero-order valence-electron chi connectivity index (χ0n) is 13.4. The van der Waals surface area contributed by atoms with Gasteiger partial charge in [0, 0.05) is 42.4 Å². The van der Waals surface area contributed by atoms with Gasteiger partial charge in [-0.2, -0.15) is 0 Å². The van der Waals surface area contributed by atoms with Crippen LogP contribution in [0.5, 0.6) is 0 Å². The number of rotatable bonds is 3. The highest BCUT2D eigenvalue weighted by Crippen LogP contribution is 2.33. The van der Waals surface area contributed by atoms with Gasteiger partial charge < -0.3 is 10.0 Å². The first-order chi connectivity index (χ1) is 12.1. The van der Waals surface area contributed by atoms with E-state index in [9.17, 15) is 9.59 Å². The van der Waals surface area contributed by atoms with Gasteiger partial charge in [0.05, 0.1) is 5.56 Å². The fraction of sp³-hybridized carbons (Fsp3) is 0.150. The van der Waals surface area contributed by atoms with Crippen LogP contribution in [0, 0.1) is 0 Å². The van der Waals surface area contributed by atoms with Gasteiger partial charge in [-0.15, -0.1) is 0 Å². The summed E-state index contributed by atoms with van der Waals surface area (Å²) in [6.45, 7) is 0.599. The average Bonchev–Trinajstić information content (AvgIpc) is 3.03. The molecule has 2 aromatic carbocycles. The van der Waals surface area contributed by atoms with E-state index in [4.69, 9.17) is 5.11 Å². The molecule has 1 aliphatic heterocycles. The number of carboxylic acids is 1. The number of carbonyl (C=O) groups excluding carboxylic acids is 1. The number of benzene rings is 2. The number of pyridine rings is 1. The van der Waals surface area contributed by atoms with Gasteiger partial charge >= 0.3 is 5.97 Å². The Morgan fingerprint density at radius 1 is 1.08 bits per heavy atom. The fourth-order valence-corrected chi connectivity index (χ4v) is 3.32. The molecule has 1 unspecified atom stereocenters. The van der Waals surface area contributed by atoms with Crippen LogP contribution in [0.3, 0.4) is 0 Å². The predicted molar refractivity (Wildman–Crippen MR) is 94.9 cm³/mol. The van der Waals surface area contributed by atoms with Crippen molar-refractivity contribution in [2.45, 2.75) is 12.3 Å². The van der Waals surface area contributed by atoms with Crippen LogP contribution in [-0.4, -0.2) is 28.5 Å². The molecule has 124 valence electrons. The first-order valence-electron chi connectivity index (χ1n) is 8.09. The number of amides is 1. The van der Waals surface area contributed by atoms with Gasteiger partial charge in [-0.3, -0.25) is 9.78 Å². The predicted octanol–water partition coefficient (Wildman–Crippen LogP) is 3.45. The monoisotopic (exact) mass is 332 g/mol. The summed E-state index contributed by atoms with van der Waals surface area (Å²) in [4.78, 5) is 29.4. The molecule has 1 N–H and O–H groups in total. The Bertz CT molecular complexity index is 966. The van der Waals surface area contributed by atoms with Crippen molar-refractivity contribution in [1.29, 1.82) is 0 Å². The summed E-state index contributed by atoms with van der Waals surface area (Å²) in [7, 11) is 0. The van der Waals surface area contributed by atoms with Crippen molar-refractivity contribution in [2.24, 2.45) is 0 Å². The van der Waals surface area contributed by atoms with E-state index in [0.29, 0.717) is 13.0 Å². The van der Waals surface area contributed by atoms with Crippen molar-refractivity contribution < 1.29 is 14.7 Å². The lowest BCUT2D eigenvalue weighted by molar-refractivity contribution is -0.117. The van der Waals surface area contributed by atoms with Crippen molar-refractivity contribution >= 4 is 28.3 Å². The first-order valence-corrected chi connectivity index (χ1v) is 8.09. The summed E-state index contributed by atoms with van der Waals surface area (Å²) >= 11 is 0. The third kappa shape index (κ3) is 2.85. The molecule has 0 spiro atoms. The van der Waals surface area contributed by atoms with Crippen LogP contribution in [-0.2, 0) is 4.79 Å². The van der Waals surface area contributed by atoms with Crippen molar-refractivity contribution in [1.82, 2.24) is 4.98 Å². The molecule has 5 heteroatoms. The van der Waals surface area contributed by atoms with Crippen LogP contribution in [0.4, 0.5) is 5.69 Å². The minimum Gasteiger partial charge on any atom is -0.478 e. The van der Waals surface area contributed by atoms with E-state index in [-0.39, 0.29) is 17.4 Å². The van der Waals surface area contributed by atoms with Crippen molar-refractivity contribution in [3.05, 3.63) is 72.1 Å². The highest BCUT2D eigenvalue weighted by Gasteiger charge is 2.31.